The summed E-state index contributed by atoms with van der Waals surface area (Å²) in [5, 5.41) is 0. The highest BCUT2D eigenvalue weighted by molar-refractivity contribution is 5.35. The van der Waals surface area contributed by atoms with E-state index >= 15 is 0 Å². The van der Waals surface area contributed by atoms with E-state index < -0.39 is 0 Å². The first kappa shape index (κ1) is 10.2. The normalized spacial score (nSPS) is 18.9. The van der Waals surface area contributed by atoms with Crippen LogP contribution in [0.2, 0.25) is 0 Å². The predicted molar refractivity (Wildman–Crippen MR) is 54.5 cm³/mol. The van der Waals surface area contributed by atoms with Crippen molar-refractivity contribution >= 4 is 0 Å². The van der Waals surface area contributed by atoms with Crippen LogP contribution >= 0.6 is 0 Å². The SMILES string of the molecule is CC.C[C@H]1CCc2cccc(F)c21. The number of rotatable bonds is 0. The van der Waals surface area contributed by atoms with Crippen LogP contribution in [0.1, 0.15) is 44.2 Å². The van der Waals surface area contributed by atoms with Crippen LogP contribution in [0.3, 0.4) is 0 Å². The van der Waals surface area contributed by atoms with Crippen molar-refractivity contribution in [3.63, 3.8) is 0 Å². The fourth-order valence-corrected chi connectivity index (χ4v) is 1.87. The molecule has 0 aromatic heterocycles. The molecule has 0 nitrogen and oxygen atoms in total. The van der Waals surface area contributed by atoms with Gasteiger partial charge in [-0.15, -0.1) is 0 Å². The second-order valence-electron chi connectivity index (χ2n) is 3.25. The highest BCUT2D eigenvalue weighted by Gasteiger charge is 2.21. The van der Waals surface area contributed by atoms with E-state index in [1.165, 1.54) is 5.56 Å². The maximum Gasteiger partial charge on any atom is 0.126 e. The molecular formula is C12H17F. The van der Waals surface area contributed by atoms with E-state index in [1.807, 2.05) is 19.9 Å². The summed E-state index contributed by atoms with van der Waals surface area (Å²) in [4.78, 5) is 0. The van der Waals surface area contributed by atoms with Gasteiger partial charge in [0.15, 0.2) is 0 Å². The second-order valence-corrected chi connectivity index (χ2v) is 3.25. The number of halogens is 1. The third-order valence-electron chi connectivity index (χ3n) is 2.48. The number of benzene rings is 1. The van der Waals surface area contributed by atoms with Crippen LogP contribution < -0.4 is 0 Å². The van der Waals surface area contributed by atoms with Crippen molar-refractivity contribution in [2.45, 2.75) is 39.5 Å². The minimum Gasteiger partial charge on any atom is -0.207 e. The van der Waals surface area contributed by atoms with Gasteiger partial charge in [0, 0.05) is 0 Å². The Labute approximate surface area is 79.8 Å². The third kappa shape index (κ3) is 1.90. The molecule has 1 aromatic carbocycles. The zero-order valence-corrected chi connectivity index (χ0v) is 8.60. The van der Waals surface area contributed by atoms with Crippen molar-refractivity contribution in [3.8, 4) is 0 Å². The molecule has 0 saturated heterocycles. The average molecular weight is 180 g/mol. The fraction of sp³-hybridized carbons (Fsp3) is 0.500. The average Bonchev–Trinajstić information content (AvgIpc) is 2.53. The summed E-state index contributed by atoms with van der Waals surface area (Å²) in [6, 6.07) is 5.38. The lowest BCUT2D eigenvalue weighted by Crippen LogP contribution is -1.90. The van der Waals surface area contributed by atoms with E-state index in [4.69, 9.17) is 0 Å². The highest BCUT2D eigenvalue weighted by Crippen LogP contribution is 2.33. The molecule has 1 atom stereocenters. The van der Waals surface area contributed by atoms with Crippen molar-refractivity contribution in [1.82, 2.24) is 0 Å². The molecule has 0 heterocycles. The first-order valence-corrected chi connectivity index (χ1v) is 5.06. The summed E-state index contributed by atoms with van der Waals surface area (Å²) >= 11 is 0. The van der Waals surface area contributed by atoms with Gasteiger partial charge in [-0.25, -0.2) is 4.39 Å². The molecule has 0 aliphatic heterocycles. The standard InChI is InChI=1S/C10H11F.C2H6/c1-7-5-6-8-3-2-4-9(11)10(7)8;1-2/h2-4,7H,5-6H2,1H3;1-2H3/t7-;/m0./s1. The molecule has 1 aromatic rings. The number of hydrogen-bond acceptors (Lipinski definition) is 0. The van der Waals surface area contributed by atoms with Crippen LogP contribution in [0.4, 0.5) is 4.39 Å². The molecule has 0 N–H and O–H groups in total. The minimum atomic E-state index is -0.0208. The van der Waals surface area contributed by atoms with Crippen LogP contribution in [0, 0.1) is 5.82 Å². The Balaban J connectivity index is 0.000000396. The van der Waals surface area contributed by atoms with Crippen molar-refractivity contribution in [2.24, 2.45) is 0 Å². The number of aryl methyl sites for hydroxylation is 1. The summed E-state index contributed by atoms with van der Waals surface area (Å²) in [6.07, 6.45) is 2.16. The van der Waals surface area contributed by atoms with Gasteiger partial charge in [0.1, 0.15) is 5.82 Å². The zero-order chi connectivity index (χ0) is 9.84. The van der Waals surface area contributed by atoms with E-state index in [1.54, 1.807) is 12.1 Å². The largest absolute Gasteiger partial charge is 0.207 e. The molecule has 2 rings (SSSR count). The Hall–Kier alpha value is -0.850. The first-order valence-electron chi connectivity index (χ1n) is 5.06. The van der Waals surface area contributed by atoms with Crippen LogP contribution in [0.5, 0.6) is 0 Å². The summed E-state index contributed by atoms with van der Waals surface area (Å²) in [5.41, 5.74) is 2.16. The number of fused-ring (bicyclic) bond motifs is 1. The lowest BCUT2D eigenvalue weighted by atomic mass is 10.0. The Morgan fingerprint density at radius 1 is 1.31 bits per heavy atom. The van der Waals surface area contributed by atoms with Crippen molar-refractivity contribution in [3.05, 3.63) is 35.1 Å². The van der Waals surface area contributed by atoms with Gasteiger partial charge in [0.25, 0.3) is 0 Å². The lowest BCUT2D eigenvalue weighted by molar-refractivity contribution is 0.595. The van der Waals surface area contributed by atoms with Crippen LogP contribution in [0.15, 0.2) is 18.2 Å². The van der Waals surface area contributed by atoms with Crippen LogP contribution in [-0.4, -0.2) is 0 Å². The summed E-state index contributed by atoms with van der Waals surface area (Å²) in [6.45, 7) is 6.09. The van der Waals surface area contributed by atoms with E-state index in [0.29, 0.717) is 5.92 Å². The quantitative estimate of drug-likeness (QED) is 0.568. The van der Waals surface area contributed by atoms with Gasteiger partial charge >= 0.3 is 0 Å². The Bertz CT molecular complexity index is 278. The van der Waals surface area contributed by atoms with Gasteiger partial charge in [0.2, 0.25) is 0 Å². The monoisotopic (exact) mass is 180 g/mol. The van der Waals surface area contributed by atoms with Crippen LogP contribution in [-0.2, 0) is 6.42 Å². The maximum absolute atomic E-state index is 13.1. The van der Waals surface area contributed by atoms with E-state index in [0.717, 1.165) is 18.4 Å². The Morgan fingerprint density at radius 2 is 2.00 bits per heavy atom. The van der Waals surface area contributed by atoms with E-state index in [-0.39, 0.29) is 5.82 Å². The molecule has 0 amide bonds. The second kappa shape index (κ2) is 4.40. The van der Waals surface area contributed by atoms with Crippen molar-refractivity contribution < 1.29 is 4.39 Å². The highest BCUT2D eigenvalue weighted by atomic mass is 19.1. The van der Waals surface area contributed by atoms with Gasteiger partial charge in [-0.1, -0.05) is 32.9 Å². The minimum absolute atomic E-state index is 0.0208. The molecule has 0 unspecified atom stereocenters. The summed E-state index contributed by atoms with van der Waals surface area (Å²) in [5.74, 6) is 0.402. The topological polar surface area (TPSA) is 0 Å². The maximum atomic E-state index is 13.1. The number of hydrogen-bond donors (Lipinski definition) is 0. The molecule has 0 radical (unpaired) electrons. The first-order chi connectivity index (χ1) is 6.29. The Kier molecular flexibility index (Phi) is 3.47. The van der Waals surface area contributed by atoms with Crippen molar-refractivity contribution in [1.29, 1.82) is 0 Å². The van der Waals surface area contributed by atoms with Gasteiger partial charge < -0.3 is 0 Å². The van der Waals surface area contributed by atoms with Gasteiger partial charge in [-0.2, -0.15) is 0 Å². The van der Waals surface area contributed by atoms with Crippen molar-refractivity contribution in [2.75, 3.05) is 0 Å². The molecule has 1 aliphatic carbocycles. The van der Waals surface area contributed by atoms with E-state index in [2.05, 4.69) is 6.92 Å². The molecule has 0 fully saturated rings. The molecular weight excluding hydrogens is 163 g/mol. The molecule has 0 saturated carbocycles. The molecule has 0 bridgehead atoms. The molecule has 0 spiro atoms. The Morgan fingerprint density at radius 3 is 2.62 bits per heavy atom. The smallest absolute Gasteiger partial charge is 0.126 e. The van der Waals surface area contributed by atoms with Gasteiger partial charge in [-0.3, -0.25) is 0 Å². The zero-order valence-electron chi connectivity index (χ0n) is 8.60. The van der Waals surface area contributed by atoms with Crippen LogP contribution in [0.25, 0.3) is 0 Å². The summed E-state index contributed by atoms with van der Waals surface area (Å²) in [7, 11) is 0. The molecule has 13 heavy (non-hydrogen) atoms. The predicted octanol–water partition coefficient (Wildman–Crippen LogP) is 3.90. The summed E-state index contributed by atoms with van der Waals surface area (Å²) < 4.78 is 13.1. The lowest BCUT2D eigenvalue weighted by Gasteiger charge is -2.04. The molecule has 1 aliphatic rings. The third-order valence-corrected chi connectivity index (χ3v) is 2.48. The fourth-order valence-electron chi connectivity index (χ4n) is 1.87. The molecule has 1 heteroatoms. The van der Waals surface area contributed by atoms with E-state index in [9.17, 15) is 4.39 Å². The van der Waals surface area contributed by atoms with Gasteiger partial charge in [0.05, 0.1) is 0 Å². The molecule has 72 valence electrons. The van der Waals surface area contributed by atoms with Gasteiger partial charge in [-0.05, 0) is 36.0 Å².